The van der Waals surface area contributed by atoms with Gasteiger partial charge in [0.2, 0.25) is 5.91 Å². The second-order valence-electron chi connectivity index (χ2n) is 7.52. The number of methoxy groups -OCH3 is 1. The monoisotopic (exact) mass is 356 g/mol. The topological polar surface area (TPSA) is 71.0 Å². The van der Waals surface area contributed by atoms with E-state index in [1.807, 2.05) is 11.9 Å². The Hall–Kier alpha value is -0.690. The van der Waals surface area contributed by atoms with Gasteiger partial charge in [-0.3, -0.25) is 4.79 Å². The van der Waals surface area contributed by atoms with Crippen molar-refractivity contribution >= 4 is 5.91 Å². The molecule has 2 aliphatic rings. The molecule has 2 fully saturated rings. The smallest absolute Gasteiger partial charge is 0.225 e. The number of morpholine rings is 1. The van der Waals surface area contributed by atoms with Crippen LogP contribution in [0.1, 0.15) is 44.9 Å². The first kappa shape index (κ1) is 20.6. The molecule has 6 heteroatoms. The van der Waals surface area contributed by atoms with Gasteiger partial charge < -0.3 is 24.8 Å². The lowest BCUT2D eigenvalue weighted by atomic mass is 9.81. The minimum atomic E-state index is -0.501. The molecule has 1 aliphatic carbocycles. The molecule has 2 atom stereocenters. The molecular formula is C19H36N2O4. The van der Waals surface area contributed by atoms with Crippen molar-refractivity contribution < 1.29 is 19.4 Å². The molecule has 0 bridgehead atoms. The summed E-state index contributed by atoms with van der Waals surface area (Å²) in [4.78, 5) is 14.8. The molecule has 2 rings (SSSR count). The molecular weight excluding hydrogens is 320 g/mol. The fraction of sp³-hybridized carbons (Fsp3) is 0.947. The van der Waals surface area contributed by atoms with Crippen LogP contribution >= 0.6 is 0 Å². The molecule has 1 amide bonds. The zero-order valence-electron chi connectivity index (χ0n) is 15.9. The molecule has 6 nitrogen and oxygen atoms in total. The summed E-state index contributed by atoms with van der Waals surface area (Å²) in [6.07, 6.45) is 6.06. The highest BCUT2D eigenvalue weighted by molar-refractivity contribution is 5.79. The first-order chi connectivity index (χ1) is 12.2. The van der Waals surface area contributed by atoms with Gasteiger partial charge in [-0.1, -0.05) is 0 Å². The molecule has 1 unspecified atom stereocenters. The summed E-state index contributed by atoms with van der Waals surface area (Å²) < 4.78 is 10.8. The lowest BCUT2D eigenvalue weighted by Crippen LogP contribution is -2.51. The number of ether oxygens (including phenoxy) is 2. The summed E-state index contributed by atoms with van der Waals surface area (Å²) >= 11 is 0. The number of amides is 1. The van der Waals surface area contributed by atoms with Crippen LogP contribution in [0.2, 0.25) is 0 Å². The van der Waals surface area contributed by atoms with E-state index in [-0.39, 0.29) is 17.9 Å². The van der Waals surface area contributed by atoms with E-state index in [1.165, 1.54) is 0 Å². The molecule has 0 aromatic heterocycles. The van der Waals surface area contributed by atoms with E-state index >= 15 is 0 Å². The minimum Gasteiger partial charge on any atom is -0.390 e. The van der Waals surface area contributed by atoms with E-state index in [2.05, 4.69) is 5.32 Å². The predicted octanol–water partition coefficient (Wildman–Crippen LogP) is 1.42. The summed E-state index contributed by atoms with van der Waals surface area (Å²) in [7, 11) is 3.68. The van der Waals surface area contributed by atoms with Crippen LogP contribution in [0.25, 0.3) is 0 Å². The summed E-state index contributed by atoms with van der Waals surface area (Å²) in [6.45, 7) is 3.48. The van der Waals surface area contributed by atoms with Gasteiger partial charge in [0.25, 0.3) is 0 Å². The Labute approximate surface area is 152 Å². The Kier molecular flexibility index (Phi) is 9.17. The average molecular weight is 357 g/mol. The highest BCUT2D eigenvalue weighted by atomic mass is 16.5. The van der Waals surface area contributed by atoms with E-state index in [1.54, 1.807) is 7.11 Å². The highest BCUT2D eigenvalue weighted by Gasteiger charge is 2.34. The number of nitrogens with zero attached hydrogens (tertiary/aromatic N) is 1. The van der Waals surface area contributed by atoms with Gasteiger partial charge in [0.05, 0.1) is 12.7 Å². The Balaban J connectivity index is 1.75. The lowest BCUT2D eigenvalue weighted by molar-refractivity contribution is -0.149. The molecule has 1 saturated carbocycles. The average Bonchev–Trinajstić information content (AvgIpc) is 2.65. The second kappa shape index (κ2) is 11.1. The first-order valence-electron chi connectivity index (χ1n) is 9.87. The van der Waals surface area contributed by atoms with Crippen molar-refractivity contribution in [2.24, 2.45) is 11.8 Å². The van der Waals surface area contributed by atoms with Gasteiger partial charge in [-0.15, -0.1) is 0 Å². The van der Waals surface area contributed by atoms with Gasteiger partial charge >= 0.3 is 0 Å². The molecule has 0 aromatic rings. The van der Waals surface area contributed by atoms with E-state index in [0.29, 0.717) is 32.0 Å². The fourth-order valence-corrected chi connectivity index (χ4v) is 4.05. The van der Waals surface area contributed by atoms with Crippen LogP contribution in [0, 0.1) is 11.8 Å². The SMILES string of the molecule is CNC[C@H]1CC[C@H](C(=O)N2CCO[C@@H](C(O)CCCCOC)C2)CC1. The first-order valence-corrected chi connectivity index (χ1v) is 9.87. The minimum absolute atomic E-state index is 0.158. The van der Waals surface area contributed by atoms with Crippen LogP contribution in [0.5, 0.6) is 0 Å². The molecule has 1 heterocycles. The van der Waals surface area contributed by atoms with E-state index in [4.69, 9.17) is 9.47 Å². The van der Waals surface area contributed by atoms with Gasteiger partial charge in [-0.2, -0.15) is 0 Å². The van der Waals surface area contributed by atoms with Crippen LogP contribution in [0.3, 0.4) is 0 Å². The third kappa shape index (κ3) is 6.51. The molecule has 0 spiro atoms. The van der Waals surface area contributed by atoms with Crippen LogP contribution in [-0.4, -0.2) is 75.1 Å². The number of aliphatic hydroxyl groups is 1. The Morgan fingerprint density at radius 3 is 2.76 bits per heavy atom. The van der Waals surface area contributed by atoms with Gasteiger partial charge in [0, 0.05) is 32.7 Å². The Morgan fingerprint density at radius 2 is 2.08 bits per heavy atom. The van der Waals surface area contributed by atoms with Crippen molar-refractivity contribution in [3.8, 4) is 0 Å². The normalized spacial score (nSPS) is 28.8. The fourth-order valence-electron chi connectivity index (χ4n) is 4.05. The molecule has 146 valence electrons. The highest BCUT2D eigenvalue weighted by Crippen LogP contribution is 2.30. The second-order valence-corrected chi connectivity index (χ2v) is 7.52. The van der Waals surface area contributed by atoms with Gasteiger partial charge in [0.1, 0.15) is 6.10 Å². The van der Waals surface area contributed by atoms with Crippen LogP contribution in [-0.2, 0) is 14.3 Å². The summed E-state index contributed by atoms with van der Waals surface area (Å²) in [5.74, 6) is 1.13. The van der Waals surface area contributed by atoms with Crippen molar-refractivity contribution in [3.63, 3.8) is 0 Å². The standard InChI is InChI=1S/C19H36N2O4/c1-20-13-15-6-8-16(9-7-15)19(23)21-10-12-25-18(14-21)17(22)5-3-4-11-24-2/h15-18,20,22H,3-14H2,1-2H3/t15-,16-,17?,18-/m1/s1. The van der Waals surface area contributed by atoms with Crippen molar-refractivity contribution in [2.45, 2.75) is 57.2 Å². The van der Waals surface area contributed by atoms with Gasteiger partial charge in [0.15, 0.2) is 0 Å². The molecule has 25 heavy (non-hydrogen) atoms. The zero-order chi connectivity index (χ0) is 18.1. The van der Waals surface area contributed by atoms with Crippen LogP contribution in [0.15, 0.2) is 0 Å². The van der Waals surface area contributed by atoms with E-state index in [9.17, 15) is 9.90 Å². The number of unbranched alkanes of at least 4 members (excludes halogenated alkanes) is 1. The van der Waals surface area contributed by atoms with Gasteiger partial charge in [-0.05, 0) is 64.5 Å². The summed E-state index contributed by atoms with van der Waals surface area (Å²) in [5, 5.41) is 13.6. The van der Waals surface area contributed by atoms with E-state index < -0.39 is 6.10 Å². The third-order valence-corrected chi connectivity index (χ3v) is 5.62. The number of hydrogen-bond acceptors (Lipinski definition) is 5. The van der Waals surface area contributed by atoms with Crippen molar-refractivity contribution in [1.29, 1.82) is 0 Å². The van der Waals surface area contributed by atoms with Crippen molar-refractivity contribution in [2.75, 3.05) is 47.0 Å². The Morgan fingerprint density at radius 1 is 1.32 bits per heavy atom. The number of hydrogen-bond donors (Lipinski definition) is 2. The number of carbonyl (C=O) groups is 1. The third-order valence-electron chi connectivity index (χ3n) is 5.62. The van der Waals surface area contributed by atoms with Crippen molar-refractivity contribution in [3.05, 3.63) is 0 Å². The summed E-state index contributed by atoms with van der Waals surface area (Å²) in [6, 6.07) is 0. The molecule has 1 saturated heterocycles. The van der Waals surface area contributed by atoms with Crippen LogP contribution in [0.4, 0.5) is 0 Å². The molecule has 1 aliphatic heterocycles. The molecule has 0 aromatic carbocycles. The van der Waals surface area contributed by atoms with Crippen molar-refractivity contribution in [1.82, 2.24) is 10.2 Å². The molecule has 2 N–H and O–H groups in total. The Bertz CT molecular complexity index is 386. The maximum Gasteiger partial charge on any atom is 0.225 e. The quantitative estimate of drug-likeness (QED) is 0.612. The van der Waals surface area contributed by atoms with E-state index in [0.717, 1.165) is 51.7 Å². The number of aliphatic hydroxyl groups excluding tert-OH is 1. The largest absolute Gasteiger partial charge is 0.390 e. The maximum atomic E-state index is 12.8. The zero-order valence-corrected chi connectivity index (χ0v) is 15.9. The summed E-state index contributed by atoms with van der Waals surface area (Å²) in [5.41, 5.74) is 0. The van der Waals surface area contributed by atoms with Gasteiger partial charge in [-0.25, -0.2) is 0 Å². The number of carbonyl (C=O) groups excluding carboxylic acids is 1. The number of rotatable bonds is 9. The number of nitrogens with one attached hydrogen (secondary N) is 1. The maximum absolute atomic E-state index is 12.8. The van der Waals surface area contributed by atoms with Crippen LogP contribution < -0.4 is 5.32 Å². The molecule has 0 radical (unpaired) electrons. The lowest BCUT2D eigenvalue weighted by Gasteiger charge is -2.38. The predicted molar refractivity (Wildman–Crippen MR) is 97.4 cm³/mol.